The van der Waals surface area contributed by atoms with Crippen LogP contribution in [-0.4, -0.2) is 65.4 Å². The molecule has 0 saturated carbocycles. The molecule has 2 atom stereocenters. The van der Waals surface area contributed by atoms with Gasteiger partial charge in [0, 0.05) is 32.1 Å². The van der Waals surface area contributed by atoms with Gasteiger partial charge in [0.1, 0.15) is 12.2 Å². The number of ether oxygens (including phenoxy) is 3. The van der Waals surface area contributed by atoms with Crippen LogP contribution in [0.1, 0.15) is 64.5 Å². The standard InChI is InChI=1S/C22H36N3O4S/c1-4-5-6-7-13-28-21-20(23-30-24-21)19-9-8-12-25(3,16-19)17(2)29-22(26)18-10-14-27-15-11-18/h9,17-18H,4-8,10-16H2,1-3H3/q+1/t17-,25?/m0/s1. The Morgan fingerprint density at radius 3 is 2.87 bits per heavy atom. The Morgan fingerprint density at radius 1 is 1.30 bits per heavy atom. The van der Waals surface area contributed by atoms with E-state index in [1.165, 1.54) is 31.0 Å². The Hall–Kier alpha value is -1.51. The van der Waals surface area contributed by atoms with Gasteiger partial charge in [0.05, 0.1) is 37.8 Å². The minimum Gasteiger partial charge on any atom is -0.475 e. The molecule has 0 spiro atoms. The Labute approximate surface area is 184 Å². The van der Waals surface area contributed by atoms with Crippen LogP contribution in [0.25, 0.3) is 5.57 Å². The summed E-state index contributed by atoms with van der Waals surface area (Å²) in [5.74, 6) is 0.513. The van der Waals surface area contributed by atoms with E-state index in [1.807, 2.05) is 6.92 Å². The van der Waals surface area contributed by atoms with Crippen molar-refractivity contribution in [2.24, 2.45) is 5.92 Å². The summed E-state index contributed by atoms with van der Waals surface area (Å²) in [5.41, 5.74) is 1.98. The predicted octanol–water partition coefficient (Wildman–Crippen LogP) is 4.05. The number of hydrogen-bond donors (Lipinski definition) is 0. The van der Waals surface area contributed by atoms with Gasteiger partial charge in [-0.15, -0.1) is 4.37 Å². The summed E-state index contributed by atoms with van der Waals surface area (Å²) < 4.78 is 26.8. The van der Waals surface area contributed by atoms with Crippen molar-refractivity contribution < 1.29 is 23.5 Å². The molecule has 3 heterocycles. The fraction of sp³-hybridized carbons (Fsp3) is 0.773. The molecule has 2 aliphatic rings. The minimum absolute atomic E-state index is 0.0388. The topological polar surface area (TPSA) is 70.5 Å². The van der Waals surface area contributed by atoms with Gasteiger partial charge in [-0.2, -0.15) is 4.37 Å². The summed E-state index contributed by atoms with van der Waals surface area (Å²) >= 11 is 1.20. The molecule has 1 unspecified atom stereocenters. The maximum Gasteiger partial charge on any atom is 0.313 e. The molecule has 7 nitrogen and oxygen atoms in total. The van der Waals surface area contributed by atoms with Crippen molar-refractivity contribution in [2.45, 2.75) is 65.0 Å². The zero-order valence-corrected chi connectivity index (χ0v) is 19.4. The molecule has 0 aromatic carbocycles. The fourth-order valence-electron chi connectivity index (χ4n) is 4.04. The van der Waals surface area contributed by atoms with E-state index in [4.69, 9.17) is 14.2 Å². The summed E-state index contributed by atoms with van der Waals surface area (Å²) in [6.45, 7) is 7.85. The van der Waals surface area contributed by atoms with Gasteiger partial charge in [-0.25, -0.2) is 0 Å². The number of nitrogens with zero attached hydrogens (tertiary/aromatic N) is 3. The second kappa shape index (κ2) is 11.2. The third-order valence-electron chi connectivity index (χ3n) is 6.28. The van der Waals surface area contributed by atoms with Crippen LogP contribution >= 0.6 is 11.7 Å². The van der Waals surface area contributed by atoms with Crippen molar-refractivity contribution in [2.75, 3.05) is 40.0 Å². The quantitative estimate of drug-likeness (QED) is 0.312. The monoisotopic (exact) mass is 438 g/mol. The maximum absolute atomic E-state index is 12.6. The van der Waals surface area contributed by atoms with Crippen molar-refractivity contribution in [1.29, 1.82) is 0 Å². The normalized spacial score (nSPS) is 23.6. The summed E-state index contributed by atoms with van der Waals surface area (Å²) in [5, 5.41) is 0. The van der Waals surface area contributed by atoms with Crippen molar-refractivity contribution in [1.82, 2.24) is 8.75 Å². The van der Waals surface area contributed by atoms with E-state index >= 15 is 0 Å². The first-order valence-electron chi connectivity index (χ1n) is 11.3. The number of carbonyl (C=O) groups is 1. The lowest BCUT2D eigenvalue weighted by Gasteiger charge is -2.41. The molecule has 0 amide bonds. The summed E-state index contributed by atoms with van der Waals surface area (Å²) in [4.78, 5) is 12.6. The van der Waals surface area contributed by atoms with Crippen LogP contribution in [0.3, 0.4) is 0 Å². The lowest BCUT2D eigenvalue weighted by molar-refractivity contribution is -0.944. The smallest absolute Gasteiger partial charge is 0.313 e. The first kappa shape index (κ1) is 23.2. The van der Waals surface area contributed by atoms with Crippen LogP contribution in [0.2, 0.25) is 0 Å². The molecular weight excluding hydrogens is 402 g/mol. The molecule has 3 rings (SSSR count). The molecule has 8 heteroatoms. The van der Waals surface area contributed by atoms with E-state index in [9.17, 15) is 4.79 Å². The fourth-order valence-corrected chi connectivity index (χ4v) is 4.57. The second-order valence-corrected chi connectivity index (χ2v) is 9.16. The molecule has 1 aromatic rings. The Morgan fingerprint density at radius 2 is 2.10 bits per heavy atom. The largest absolute Gasteiger partial charge is 0.475 e. The van der Waals surface area contributed by atoms with Crippen LogP contribution in [0.4, 0.5) is 0 Å². The van der Waals surface area contributed by atoms with E-state index in [0.29, 0.717) is 30.2 Å². The Kier molecular flexibility index (Phi) is 8.65. The van der Waals surface area contributed by atoms with Crippen LogP contribution in [0.15, 0.2) is 6.08 Å². The van der Waals surface area contributed by atoms with E-state index in [2.05, 4.69) is 28.8 Å². The number of rotatable bonds is 10. The van der Waals surface area contributed by atoms with Gasteiger partial charge < -0.3 is 14.2 Å². The number of aromatic nitrogens is 2. The molecule has 1 aromatic heterocycles. The average Bonchev–Trinajstić information content (AvgIpc) is 3.23. The molecular formula is C22H36N3O4S+. The first-order valence-corrected chi connectivity index (χ1v) is 12.0. The molecule has 0 bridgehead atoms. The van der Waals surface area contributed by atoms with Gasteiger partial charge in [-0.3, -0.25) is 9.28 Å². The van der Waals surface area contributed by atoms with Gasteiger partial charge in [0.2, 0.25) is 6.23 Å². The van der Waals surface area contributed by atoms with Crippen molar-refractivity contribution >= 4 is 23.3 Å². The zero-order valence-electron chi connectivity index (χ0n) is 18.6. The van der Waals surface area contributed by atoms with E-state index in [1.54, 1.807) is 0 Å². The molecule has 168 valence electrons. The van der Waals surface area contributed by atoms with Crippen LogP contribution in [-0.2, 0) is 14.3 Å². The van der Waals surface area contributed by atoms with Crippen LogP contribution in [0, 0.1) is 5.92 Å². The van der Waals surface area contributed by atoms with Crippen molar-refractivity contribution in [3.05, 3.63) is 11.8 Å². The molecule has 0 N–H and O–H groups in total. The Balaban J connectivity index is 1.58. The Bertz CT molecular complexity index is 717. The van der Waals surface area contributed by atoms with Gasteiger partial charge in [0.15, 0.2) is 0 Å². The van der Waals surface area contributed by atoms with E-state index < -0.39 is 0 Å². The summed E-state index contributed by atoms with van der Waals surface area (Å²) in [7, 11) is 2.15. The molecule has 2 aliphatic heterocycles. The first-order chi connectivity index (χ1) is 14.5. The zero-order chi connectivity index (χ0) is 21.4. The summed E-state index contributed by atoms with van der Waals surface area (Å²) in [6.07, 6.45) is 9.10. The number of hydrogen-bond acceptors (Lipinski definition) is 7. The highest BCUT2D eigenvalue weighted by molar-refractivity contribution is 6.99. The molecule has 0 aliphatic carbocycles. The lowest BCUT2D eigenvalue weighted by atomic mass is 10.0. The third kappa shape index (κ3) is 6.02. The second-order valence-electron chi connectivity index (χ2n) is 8.63. The van der Waals surface area contributed by atoms with Crippen LogP contribution in [0.5, 0.6) is 5.88 Å². The highest BCUT2D eigenvalue weighted by Gasteiger charge is 2.38. The van der Waals surface area contributed by atoms with Crippen molar-refractivity contribution in [3.63, 3.8) is 0 Å². The van der Waals surface area contributed by atoms with Gasteiger partial charge in [-0.1, -0.05) is 32.3 Å². The van der Waals surface area contributed by atoms with Gasteiger partial charge in [0.25, 0.3) is 5.88 Å². The number of unbranched alkanes of at least 4 members (excludes halogenated alkanes) is 3. The van der Waals surface area contributed by atoms with E-state index in [-0.39, 0.29) is 18.1 Å². The average molecular weight is 439 g/mol. The SMILES string of the molecule is CCCCCCOc1nsnc1C1=CCC[N+](C)([C@H](C)OC(=O)C2CCOCC2)C1. The molecule has 1 saturated heterocycles. The number of carbonyl (C=O) groups excluding carboxylic acids is 1. The van der Waals surface area contributed by atoms with Crippen LogP contribution < -0.4 is 4.74 Å². The lowest BCUT2D eigenvalue weighted by Crippen LogP contribution is -2.55. The third-order valence-corrected chi connectivity index (χ3v) is 6.79. The molecule has 30 heavy (non-hydrogen) atoms. The van der Waals surface area contributed by atoms with E-state index in [0.717, 1.165) is 50.0 Å². The molecule has 1 fully saturated rings. The number of esters is 1. The highest BCUT2D eigenvalue weighted by Crippen LogP contribution is 2.32. The number of likely N-dealkylation sites (N-methyl/N-ethyl adjacent to an activating group) is 1. The minimum atomic E-state index is -0.214. The number of quaternary nitrogens is 1. The highest BCUT2D eigenvalue weighted by atomic mass is 32.1. The van der Waals surface area contributed by atoms with Crippen molar-refractivity contribution in [3.8, 4) is 5.88 Å². The van der Waals surface area contributed by atoms with Gasteiger partial charge >= 0.3 is 5.97 Å². The maximum atomic E-state index is 12.6. The molecule has 0 radical (unpaired) electrons. The predicted molar refractivity (Wildman–Crippen MR) is 117 cm³/mol. The summed E-state index contributed by atoms with van der Waals surface area (Å²) in [6, 6.07) is 0. The van der Waals surface area contributed by atoms with Gasteiger partial charge in [-0.05, 0) is 19.3 Å².